The van der Waals surface area contributed by atoms with Gasteiger partial charge < -0.3 is 15.9 Å². The fourth-order valence-electron chi connectivity index (χ4n) is 2.76. The molecule has 12 nitrogen and oxygen atoms in total. The van der Waals surface area contributed by atoms with Crippen molar-refractivity contribution in [3.05, 3.63) is 65.0 Å². The number of anilines is 1. The number of aryl methyl sites for hydroxylation is 1. The number of thioether (sulfide) groups is 1. The maximum absolute atomic E-state index is 12.8. The van der Waals surface area contributed by atoms with E-state index < -0.39 is 5.91 Å². The average Bonchev–Trinajstić information content (AvgIpc) is 3.40. The van der Waals surface area contributed by atoms with E-state index in [0.717, 1.165) is 16.5 Å². The number of hydrazone groups is 1. The second kappa shape index (κ2) is 9.40. The Hall–Kier alpha value is -4.39. The molecule has 0 aliphatic carbocycles. The molecule has 5 N–H and O–H groups in total. The standard InChI is InChI=1S/C20H18N8O4S/c1-11-2-6-14(7-3-11)33-10-15-17(23-27-28(15)19-18(21)25-32-26-19)20(31)24-22-9-12-4-5-13(29)8-16(12)30/h2-9,29-30H,10H2,1H3,(H2,21,25)(H,24,31). The summed E-state index contributed by atoms with van der Waals surface area (Å²) in [6.45, 7) is 1.99. The van der Waals surface area contributed by atoms with Gasteiger partial charge in [0.25, 0.3) is 5.91 Å². The van der Waals surface area contributed by atoms with Crippen LogP contribution in [0.1, 0.15) is 27.3 Å². The number of hydrogen-bond donors (Lipinski definition) is 4. The maximum atomic E-state index is 12.8. The molecule has 4 aromatic rings. The van der Waals surface area contributed by atoms with Crippen molar-refractivity contribution in [1.82, 2.24) is 30.7 Å². The van der Waals surface area contributed by atoms with E-state index in [-0.39, 0.29) is 28.8 Å². The molecule has 2 heterocycles. The zero-order valence-electron chi connectivity index (χ0n) is 17.2. The molecule has 2 aromatic carbocycles. The molecule has 0 atom stereocenters. The topological polar surface area (TPSA) is 178 Å². The second-order valence-electron chi connectivity index (χ2n) is 6.81. The van der Waals surface area contributed by atoms with E-state index in [4.69, 9.17) is 5.73 Å². The lowest BCUT2D eigenvalue weighted by atomic mass is 10.2. The smallest absolute Gasteiger partial charge is 0.293 e. The number of aromatic nitrogens is 5. The third-order valence-electron chi connectivity index (χ3n) is 4.45. The Balaban J connectivity index is 1.57. The van der Waals surface area contributed by atoms with Gasteiger partial charge in [0.15, 0.2) is 5.69 Å². The zero-order chi connectivity index (χ0) is 23.4. The third-order valence-corrected chi connectivity index (χ3v) is 5.48. The Labute approximate surface area is 191 Å². The number of phenolic OH excluding ortho intramolecular Hbond substituents is 2. The predicted molar refractivity (Wildman–Crippen MR) is 119 cm³/mol. The lowest BCUT2D eigenvalue weighted by Gasteiger charge is -2.06. The molecule has 0 spiro atoms. The van der Waals surface area contributed by atoms with Crippen LogP contribution in [0.3, 0.4) is 0 Å². The number of nitrogens with one attached hydrogen (secondary N) is 1. The number of nitrogen functional groups attached to an aromatic ring is 1. The summed E-state index contributed by atoms with van der Waals surface area (Å²) < 4.78 is 5.94. The quantitative estimate of drug-likeness (QED) is 0.179. The van der Waals surface area contributed by atoms with E-state index in [2.05, 4.69) is 35.8 Å². The first-order chi connectivity index (χ1) is 15.9. The molecule has 0 saturated carbocycles. The van der Waals surface area contributed by atoms with Gasteiger partial charge in [-0.3, -0.25) is 4.79 Å². The minimum absolute atomic E-state index is 0.00379. The third kappa shape index (κ3) is 4.93. The molecule has 0 unspecified atom stereocenters. The summed E-state index contributed by atoms with van der Waals surface area (Å²) in [7, 11) is 0. The largest absolute Gasteiger partial charge is 0.508 e. The van der Waals surface area contributed by atoms with E-state index in [1.54, 1.807) is 0 Å². The molecule has 168 valence electrons. The number of nitrogens with zero attached hydrogens (tertiary/aromatic N) is 6. The van der Waals surface area contributed by atoms with Crippen LogP contribution < -0.4 is 11.2 Å². The van der Waals surface area contributed by atoms with Gasteiger partial charge in [-0.05, 0) is 41.5 Å². The van der Waals surface area contributed by atoms with Crippen molar-refractivity contribution >= 4 is 29.7 Å². The number of hydrogen-bond acceptors (Lipinski definition) is 11. The van der Waals surface area contributed by atoms with Crippen molar-refractivity contribution in [3.8, 4) is 17.3 Å². The average molecular weight is 466 g/mol. The van der Waals surface area contributed by atoms with Crippen molar-refractivity contribution in [3.63, 3.8) is 0 Å². The lowest BCUT2D eigenvalue weighted by molar-refractivity contribution is 0.0949. The SMILES string of the molecule is Cc1ccc(SCc2c(C(=O)NN=Cc3ccc(O)cc3O)nnn2-c2nonc2N)cc1. The summed E-state index contributed by atoms with van der Waals surface area (Å²) in [6, 6.07) is 11.9. The summed E-state index contributed by atoms with van der Waals surface area (Å²) in [5, 5.41) is 38.3. The Bertz CT molecular complexity index is 1320. The molecule has 1 amide bonds. The molecule has 0 bridgehead atoms. The van der Waals surface area contributed by atoms with Gasteiger partial charge in [-0.1, -0.05) is 22.9 Å². The van der Waals surface area contributed by atoms with Gasteiger partial charge in [0.1, 0.15) is 11.5 Å². The number of rotatable bonds is 7. The van der Waals surface area contributed by atoms with Gasteiger partial charge >= 0.3 is 0 Å². The van der Waals surface area contributed by atoms with Crippen molar-refractivity contribution in [1.29, 1.82) is 0 Å². The van der Waals surface area contributed by atoms with Crippen LogP contribution in [-0.4, -0.2) is 47.6 Å². The van der Waals surface area contributed by atoms with E-state index in [9.17, 15) is 15.0 Å². The molecular formula is C20H18N8O4S. The highest BCUT2D eigenvalue weighted by molar-refractivity contribution is 7.98. The molecule has 0 aliphatic rings. The number of carbonyl (C=O) groups excluding carboxylic acids is 1. The van der Waals surface area contributed by atoms with Crippen molar-refractivity contribution < 1.29 is 19.6 Å². The molecule has 0 radical (unpaired) electrons. The zero-order valence-corrected chi connectivity index (χ0v) is 18.0. The molecule has 0 saturated heterocycles. The van der Waals surface area contributed by atoms with E-state index >= 15 is 0 Å². The van der Waals surface area contributed by atoms with Gasteiger partial charge in [0.05, 0.1) is 11.9 Å². The molecule has 2 aromatic heterocycles. The monoisotopic (exact) mass is 466 g/mol. The highest BCUT2D eigenvalue weighted by Gasteiger charge is 2.24. The summed E-state index contributed by atoms with van der Waals surface area (Å²) in [5.74, 6) is -0.503. The van der Waals surface area contributed by atoms with Crippen LogP contribution in [0.2, 0.25) is 0 Å². The Kier molecular flexibility index (Phi) is 6.22. The highest BCUT2D eigenvalue weighted by atomic mass is 32.2. The van der Waals surface area contributed by atoms with Crippen LogP contribution >= 0.6 is 11.8 Å². The summed E-state index contributed by atoms with van der Waals surface area (Å²) in [4.78, 5) is 13.8. The van der Waals surface area contributed by atoms with Crippen LogP contribution in [-0.2, 0) is 5.75 Å². The summed E-state index contributed by atoms with van der Waals surface area (Å²) in [5.41, 5.74) is 9.98. The second-order valence-corrected chi connectivity index (χ2v) is 7.86. The van der Waals surface area contributed by atoms with Crippen LogP contribution in [0.5, 0.6) is 11.5 Å². The van der Waals surface area contributed by atoms with Crippen molar-refractivity contribution in [2.75, 3.05) is 5.73 Å². The van der Waals surface area contributed by atoms with Gasteiger partial charge in [-0.15, -0.1) is 16.9 Å². The summed E-state index contributed by atoms with van der Waals surface area (Å²) in [6.07, 6.45) is 1.23. The minimum Gasteiger partial charge on any atom is -0.508 e. The Morgan fingerprint density at radius 2 is 2.03 bits per heavy atom. The first kappa shape index (κ1) is 21.8. The molecule has 0 aliphatic heterocycles. The van der Waals surface area contributed by atoms with Crippen LogP contribution in [0.4, 0.5) is 5.82 Å². The highest BCUT2D eigenvalue weighted by Crippen LogP contribution is 2.26. The minimum atomic E-state index is -0.634. The van der Waals surface area contributed by atoms with Gasteiger partial charge in [0, 0.05) is 22.3 Å². The number of aromatic hydroxyl groups is 2. The Morgan fingerprint density at radius 1 is 1.24 bits per heavy atom. The molecular weight excluding hydrogens is 448 g/mol. The lowest BCUT2D eigenvalue weighted by Crippen LogP contribution is -2.20. The number of phenols is 2. The molecule has 33 heavy (non-hydrogen) atoms. The molecule has 0 fully saturated rings. The number of nitrogens with two attached hydrogens (primary N) is 1. The van der Waals surface area contributed by atoms with E-state index in [1.807, 2.05) is 31.2 Å². The Morgan fingerprint density at radius 3 is 2.73 bits per heavy atom. The number of amides is 1. The first-order valence-corrected chi connectivity index (χ1v) is 10.5. The summed E-state index contributed by atoms with van der Waals surface area (Å²) >= 11 is 1.46. The van der Waals surface area contributed by atoms with Crippen molar-refractivity contribution in [2.24, 2.45) is 5.10 Å². The van der Waals surface area contributed by atoms with Gasteiger partial charge in [-0.2, -0.15) is 9.78 Å². The molecule has 13 heteroatoms. The van der Waals surface area contributed by atoms with Crippen LogP contribution in [0.25, 0.3) is 5.82 Å². The van der Waals surface area contributed by atoms with Crippen LogP contribution in [0, 0.1) is 6.92 Å². The molecule has 4 rings (SSSR count). The van der Waals surface area contributed by atoms with Gasteiger partial charge in [0.2, 0.25) is 11.6 Å². The predicted octanol–water partition coefficient (Wildman–Crippen LogP) is 2.01. The fourth-order valence-corrected chi connectivity index (χ4v) is 3.65. The maximum Gasteiger partial charge on any atom is 0.293 e. The first-order valence-electron chi connectivity index (χ1n) is 9.50. The van der Waals surface area contributed by atoms with Crippen LogP contribution in [0.15, 0.2) is 57.1 Å². The normalized spacial score (nSPS) is 11.2. The van der Waals surface area contributed by atoms with Crippen molar-refractivity contribution in [2.45, 2.75) is 17.6 Å². The number of benzene rings is 2. The number of carbonyl (C=O) groups is 1. The van der Waals surface area contributed by atoms with E-state index in [0.29, 0.717) is 17.0 Å². The van der Waals surface area contributed by atoms with Gasteiger partial charge in [-0.25, -0.2) is 10.1 Å². The fraction of sp³-hybridized carbons (Fsp3) is 0.100. The van der Waals surface area contributed by atoms with E-state index in [1.165, 1.54) is 34.8 Å².